The highest BCUT2D eigenvalue weighted by Crippen LogP contribution is 2.40. The maximum Gasteiger partial charge on any atom is 0.239 e. The molecule has 304 valence electrons. The van der Waals surface area contributed by atoms with Gasteiger partial charge < -0.3 is 104 Å². The number of ether oxygens (including phenoxy) is 6. The Balaban J connectivity index is 1.41. The molecule has 22 nitrogen and oxygen atoms in total. The smallest absolute Gasteiger partial charge is 0.239 e. The maximum absolute atomic E-state index is 14.0. The lowest BCUT2D eigenvalue weighted by molar-refractivity contribution is -0.389. The normalized spacial score (nSPS) is 36.9. The molecule has 3 aliphatic heterocycles. The quantitative estimate of drug-likeness (QED) is 0.0856. The zero-order valence-electron chi connectivity index (χ0n) is 28.2. The van der Waals surface area contributed by atoms with Gasteiger partial charge in [0.25, 0.3) is 0 Å². The standard InChI is InChI=1S/C33H40O22/c34-6-15-19(41)23(45)26(48)31(50-15)54-29-24(46)20(42)17(8-36)52-33(29)55-30-25(47)21(43)16(7-35)51-32(30)53-28-22(44)18-13(40)4-10(37)5-14(18)49-27(28)9-1-2-11(38)12(39)3-9/h1-5,15-17,19-21,23-26,29-43,45-48H,6-8H2/t15-,16-,17-,19+,20-,21+,23-,24-,25-,26+,29+,30-,31-,32-,33-/m0/s1. The van der Waals surface area contributed by atoms with Crippen molar-refractivity contribution in [1.82, 2.24) is 0 Å². The third-order valence-corrected chi connectivity index (χ3v) is 9.47. The van der Waals surface area contributed by atoms with Crippen LogP contribution in [0.2, 0.25) is 0 Å². The Morgan fingerprint density at radius 1 is 0.564 bits per heavy atom. The number of rotatable bonds is 10. The lowest BCUT2D eigenvalue weighted by Gasteiger charge is -2.48. The Morgan fingerprint density at radius 3 is 1.67 bits per heavy atom. The van der Waals surface area contributed by atoms with Gasteiger partial charge in [-0.15, -0.1) is 0 Å². The molecule has 55 heavy (non-hydrogen) atoms. The molecular weight excluding hydrogens is 748 g/mol. The zero-order chi connectivity index (χ0) is 40.0. The molecule has 2 aromatic carbocycles. The van der Waals surface area contributed by atoms with Gasteiger partial charge in [0, 0.05) is 17.7 Å². The predicted octanol–water partition coefficient (Wildman–Crippen LogP) is -4.89. The lowest BCUT2D eigenvalue weighted by Crippen LogP contribution is -2.67. The molecule has 6 rings (SSSR count). The van der Waals surface area contributed by atoms with E-state index in [0.29, 0.717) is 0 Å². The molecule has 0 amide bonds. The van der Waals surface area contributed by atoms with Crippen LogP contribution in [0.4, 0.5) is 0 Å². The summed E-state index contributed by atoms with van der Waals surface area (Å²) in [6.45, 7) is -2.76. The first-order valence-electron chi connectivity index (χ1n) is 16.7. The predicted molar refractivity (Wildman–Crippen MR) is 174 cm³/mol. The second-order valence-electron chi connectivity index (χ2n) is 13.1. The highest BCUT2D eigenvalue weighted by molar-refractivity contribution is 5.88. The van der Waals surface area contributed by atoms with Gasteiger partial charge in [-0.1, -0.05) is 0 Å². The third-order valence-electron chi connectivity index (χ3n) is 9.47. The number of fused-ring (bicyclic) bond motifs is 1. The van der Waals surface area contributed by atoms with Gasteiger partial charge in [-0.05, 0) is 18.2 Å². The van der Waals surface area contributed by atoms with E-state index >= 15 is 0 Å². The van der Waals surface area contributed by atoms with Gasteiger partial charge in [0.1, 0.15) is 89.6 Å². The molecule has 22 heteroatoms. The van der Waals surface area contributed by atoms with Crippen LogP contribution in [0.25, 0.3) is 22.3 Å². The number of hydrogen-bond donors (Lipinski definition) is 14. The summed E-state index contributed by atoms with van der Waals surface area (Å²) in [5.41, 5.74) is -1.66. The second-order valence-corrected chi connectivity index (χ2v) is 13.1. The summed E-state index contributed by atoms with van der Waals surface area (Å²) in [5.74, 6) is -3.88. The Bertz CT molecular complexity index is 1870. The van der Waals surface area contributed by atoms with Crippen LogP contribution in [0.5, 0.6) is 28.7 Å². The fourth-order valence-corrected chi connectivity index (χ4v) is 6.44. The monoisotopic (exact) mass is 788 g/mol. The van der Waals surface area contributed by atoms with Crippen molar-refractivity contribution in [3.8, 4) is 40.1 Å². The van der Waals surface area contributed by atoms with Crippen molar-refractivity contribution in [3.05, 3.63) is 40.6 Å². The van der Waals surface area contributed by atoms with Crippen LogP contribution in [0.1, 0.15) is 0 Å². The summed E-state index contributed by atoms with van der Waals surface area (Å²) < 4.78 is 40.0. The van der Waals surface area contributed by atoms with Crippen LogP contribution in [0.15, 0.2) is 39.5 Å². The van der Waals surface area contributed by atoms with Crippen LogP contribution < -0.4 is 10.2 Å². The van der Waals surface area contributed by atoms with Crippen LogP contribution >= 0.6 is 0 Å². The number of aliphatic hydroxyl groups excluding tert-OH is 10. The molecular formula is C33H40O22. The van der Waals surface area contributed by atoms with Gasteiger partial charge in [-0.3, -0.25) is 4.79 Å². The average Bonchev–Trinajstić information content (AvgIpc) is 3.15. The molecule has 0 spiro atoms. The van der Waals surface area contributed by atoms with Crippen molar-refractivity contribution in [3.63, 3.8) is 0 Å². The van der Waals surface area contributed by atoms with E-state index in [1.54, 1.807) is 0 Å². The number of benzene rings is 2. The first-order valence-corrected chi connectivity index (χ1v) is 16.7. The van der Waals surface area contributed by atoms with Gasteiger partial charge in [-0.25, -0.2) is 0 Å². The van der Waals surface area contributed by atoms with Crippen LogP contribution in [0.3, 0.4) is 0 Å². The highest BCUT2D eigenvalue weighted by atomic mass is 16.8. The Morgan fingerprint density at radius 2 is 1.09 bits per heavy atom. The summed E-state index contributed by atoms with van der Waals surface area (Å²) in [7, 11) is 0. The molecule has 3 saturated heterocycles. The summed E-state index contributed by atoms with van der Waals surface area (Å²) in [4.78, 5) is 14.0. The summed E-state index contributed by atoms with van der Waals surface area (Å²) >= 11 is 0. The number of phenols is 4. The molecule has 0 saturated carbocycles. The van der Waals surface area contributed by atoms with Crippen molar-refractivity contribution in [2.75, 3.05) is 19.8 Å². The van der Waals surface area contributed by atoms with Crippen LogP contribution in [-0.2, 0) is 23.7 Å². The van der Waals surface area contributed by atoms with E-state index in [9.17, 15) is 76.3 Å². The summed E-state index contributed by atoms with van der Waals surface area (Å²) in [6.07, 6.45) is -28.7. The van der Waals surface area contributed by atoms with Crippen LogP contribution in [-0.4, -0.2) is 183 Å². The number of phenolic OH excluding ortho intramolecular Hbond substituents is 4. The summed E-state index contributed by atoms with van der Waals surface area (Å²) in [6, 6.07) is 4.95. The molecule has 4 heterocycles. The first-order chi connectivity index (χ1) is 26.1. The van der Waals surface area contributed by atoms with Crippen molar-refractivity contribution in [2.45, 2.75) is 92.1 Å². The van der Waals surface area contributed by atoms with E-state index in [4.69, 9.17) is 32.8 Å². The van der Waals surface area contributed by atoms with Gasteiger partial charge in [0.2, 0.25) is 17.5 Å². The van der Waals surface area contributed by atoms with Gasteiger partial charge >= 0.3 is 0 Å². The molecule has 14 N–H and O–H groups in total. The molecule has 15 atom stereocenters. The van der Waals surface area contributed by atoms with Crippen molar-refractivity contribution in [1.29, 1.82) is 0 Å². The molecule has 0 aliphatic carbocycles. The largest absolute Gasteiger partial charge is 0.508 e. The zero-order valence-corrected chi connectivity index (χ0v) is 28.2. The fourth-order valence-electron chi connectivity index (χ4n) is 6.44. The van der Waals surface area contributed by atoms with E-state index in [-0.39, 0.29) is 11.1 Å². The Hall–Kier alpha value is -3.95. The summed E-state index contributed by atoms with van der Waals surface area (Å²) in [5, 5.41) is 145. The molecule has 0 bridgehead atoms. The lowest BCUT2D eigenvalue weighted by atomic mass is 9.96. The topological polar surface area (TPSA) is 369 Å². The number of aromatic hydroxyl groups is 4. The van der Waals surface area contributed by atoms with Gasteiger partial charge in [-0.2, -0.15) is 0 Å². The minimum absolute atomic E-state index is 0.133. The van der Waals surface area contributed by atoms with Crippen molar-refractivity contribution < 1.29 is 104 Å². The van der Waals surface area contributed by atoms with Gasteiger partial charge in [0.15, 0.2) is 35.9 Å². The van der Waals surface area contributed by atoms with E-state index < -0.39 is 157 Å². The molecule has 0 radical (unpaired) electrons. The number of aliphatic hydroxyl groups is 10. The third kappa shape index (κ3) is 7.63. The van der Waals surface area contributed by atoms with Crippen molar-refractivity contribution in [2.24, 2.45) is 0 Å². The second kappa shape index (κ2) is 16.3. The minimum atomic E-state index is -2.12. The fraction of sp³-hybridized carbons (Fsp3) is 0.545. The highest BCUT2D eigenvalue weighted by Gasteiger charge is 2.54. The average molecular weight is 789 g/mol. The SMILES string of the molecule is O=c1c(O[C@@H]2O[C@@H](CO)[C@@H](O)[C@H](O)[C@@H]2O[C@@H]2O[C@@H](CO)[C@H](O)[C@H](O)[C@H]2O[C@@H]2O[C@@H](CO)[C@@H](O)[C@H](O)[C@H]2O)c(-c2ccc(O)c(O)c2)oc2cc(O)cc(O)c12. The molecule has 0 unspecified atom stereocenters. The Kier molecular flexibility index (Phi) is 12.0. The Labute approximate surface area is 307 Å². The molecule has 3 aliphatic rings. The maximum atomic E-state index is 14.0. The van der Waals surface area contributed by atoms with E-state index in [0.717, 1.165) is 24.3 Å². The first kappa shape index (κ1) is 40.7. The number of hydrogen-bond acceptors (Lipinski definition) is 22. The molecule has 3 aromatic rings. The van der Waals surface area contributed by atoms with E-state index in [1.165, 1.54) is 6.07 Å². The van der Waals surface area contributed by atoms with Crippen LogP contribution in [0, 0.1) is 0 Å². The van der Waals surface area contributed by atoms with E-state index in [2.05, 4.69) is 0 Å². The van der Waals surface area contributed by atoms with E-state index in [1.807, 2.05) is 0 Å². The minimum Gasteiger partial charge on any atom is -0.508 e. The molecule has 1 aromatic heterocycles. The van der Waals surface area contributed by atoms with Gasteiger partial charge in [0.05, 0.1) is 19.8 Å². The van der Waals surface area contributed by atoms with Crippen molar-refractivity contribution >= 4 is 11.0 Å². The molecule has 3 fully saturated rings.